The van der Waals surface area contributed by atoms with Gasteiger partial charge in [-0.3, -0.25) is 4.68 Å². The number of alkyl halides is 3. The molecule has 0 saturated heterocycles. The molecule has 0 saturated carbocycles. The van der Waals surface area contributed by atoms with Gasteiger partial charge in [0.05, 0.1) is 25.5 Å². The number of hydrogen-bond acceptors (Lipinski definition) is 5. The molecule has 0 N–H and O–H groups in total. The molecule has 0 aliphatic rings. The number of rotatable bonds is 6. The van der Waals surface area contributed by atoms with Crippen molar-refractivity contribution < 1.29 is 32.2 Å². The minimum absolute atomic E-state index is 0.141. The van der Waals surface area contributed by atoms with Crippen LogP contribution in [0.25, 0.3) is 11.3 Å². The third-order valence-corrected chi connectivity index (χ3v) is 4.12. The van der Waals surface area contributed by atoms with Crippen LogP contribution in [0.15, 0.2) is 24.3 Å². The Labute approximate surface area is 160 Å². The number of halogens is 3. The van der Waals surface area contributed by atoms with Gasteiger partial charge < -0.3 is 9.47 Å². The molecule has 0 aliphatic heterocycles. The molecule has 9 heteroatoms. The zero-order valence-corrected chi connectivity index (χ0v) is 16.0. The standard InChI is InChI=1S/C19H21F3N2O4/c1-11(2)9-10-24-16(12-5-7-13(8-6-12)19(20,21)22)14(17(25)27-3)15(23-24)18(26)28-4/h5-8,11H,9-10H2,1-4H3. The van der Waals surface area contributed by atoms with Crippen LogP contribution in [0.4, 0.5) is 13.2 Å². The Morgan fingerprint density at radius 1 is 1.07 bits per heavy atom. The zero-order chi connectivity index (χ0) is 21.1. The van der Waals surface area contributed by atoms with Gasteiger partial charge in [-0.1, -0.05) is 26.0 Å². The smallest absolute Gasteiger partial charge is 0.416 e. The number of benzene rings is 1. The molecule has 2 rings (SSSR count). The average molecular weight is 398 g/mol. The van der Waals surface area contributed by atoms with E-state index in [9.17, 15) is 22.8 Å². The van der Waals surface area contributed by atoms with E-state index in [0.717, 1.165) is 26.4 Å². The van der Waals surface area contributed by atoms with Crippen LogP contribution in [0.3, 0.4) is 0 Å². The number of carbonyl (C=O) groups excluding carboxylic acids is 2. The summed E-state index contributed by atoms with van der Waals surface area (Å²) >= 11 is 0. The Morgan fingerprint density at radius 2 is 1.64 bits per heavy atom. The summed E-state index contributed by atoms with van der Waals surface area (Å²) in [6.07, 6.45) is -3.81. The Kier molecular flexibility index (Phi) is 6.48. The van der Waals surface area contributed by atoms with Crippen molar-refractivity contribution in [2.24, 2.45) is 5.92 Å². The first-order valence-electron chi connectivity index (χ1n) is 8.55. The van der Waals surface area contributed by atoms with E-state index in [1.807, 2.05) is 13.8 Å². The molecule has 0 atom stereocenters. The number of carbonyl (C=O) groups is 2. The van der Waals surface area contributed by atoms with Crippen molar-refractivity contribution in [1.82, 2.24) is 9.78 Å². The van der Waals surface area contributed by atoms with Gasteiger partial charge in [0, 0.05) is 12.1 Å². The minimum atomic E-state index is -4.49. The first-order valence-corrected chi connectivity index (χ1v) is 8.55. The second kappa shape index (κ2) is 8.45. The van der Waals surface area contributed by atoms with Crippen molar-refractivity contribution in [3.05, 3.63) is 41.1 Å². The number of ether oxygens (including phenoxy) is 2. The average Bonchev–Trinajstić information content (AvgIpc) is 3.04. The summed E-state index contributed by atoms with van der Waals surface area (Å²) in [6.45, 7) is 4.34. The van der Waals surface area contributed by atoms with Crippen molar-refractivity contribution in [2.45, 2.75) is 33.0 Å². The lowest BCUT2D eigenvalue weighted by Crippen LogP contribution is -2.11. The van der Waals surface area contributed by atoms with Gasteiger partial charge in [0.25, 0.3) is 0 Å². The molecule has 0 bridgehead atoms. The Hall–Kier alpha value is -2.84. The molecule has 1 heterocycles. The number of hydrogen-bond donors (Lipinski definition) is 0. The molecule has 0 amide bonds. The van der Waals surface area contributed by atoms with E-state index in [1.54, 1.807) is 0 Å². The molecule has 1 aromatic carbocycles. The van der Waals surface area contributed by atoms with Crippen molar-refractivity contribution >= 4 is 11.9 Å². The number of methoxy groups -OCH3 is 2. The summed E-state index contributed by atoms with van der Waals surface area (Å²) in [5.41, 5.74) is -0.690. The second-order valence-electron chi connectivity index (χ2n) is 6.54. The number of aryl methyl sites for hydroxylation is 1. The van der Waals surface area contributed by atoms with E-state index in [-0.39, 0.29) is 17.0 Å². The summed E-state index contributed by atoms with van der Waals surface area (Å²) in [7, 11) is 2.29. The van der Waals surface area contributed by atoms with Crippen LogP contribution >= 0.6 is 0 Å². The lowest BCUT2D eigenvalue weighted by atomic mass is 10.0. The summed E-state index contributed by atoms with van der Waals surface area (Å²) in [5, 5.41) is 4.19. The highest BCUT2D eigenvalue weighted by molar-refractivity contribution is 6.06. The van der Waals surface area contributed by atoms with Crippen LogP contribution in [0.5, 0.6) is 0 Å². The molecule has 28 heavy (non-hydrogen) atoms. The summed E-state index contributed by atoms with van der Waals surface area (Å²) in [5.74, 6) is -1.37. The third kappa shape index (κ3) is 4.52. The van der Waals surface area contributed by atoms with Crippen LogP contribution in [0, 0.1) is 5.92 Å². The molecule has 0 radical (unpaired) electrons. The molecule has 0 aliphatic carbocycles. The fourth-order valence-electron chi connectivity index (χ4n) is 2.65. The highest BCUT2D eigenvalue weighted by Crippen LogP contribution is 2.33. The molecule has 2 aromatic rings. The van der Waals surface area contributed by atoms with Gasteiger partial charge in [0.2, 0.25) is 0 Å². The third-order valence-electron chi connectivity index (χ3n) is 4.12. The largest absolute Gasteiger partial charge is 0.465 e. The fraction of sp³-hybridized carbons (Fsp3) is 0.421. The van der Waals surface area contributed by atoms with Crippen LogP contribution < -0.4 is 0 Å². The van der Waals surface area contributed by atoms with Gasteiger partial charge in [-0.25, -0.2) is 9.59 Å². The maximum absolute atomic E-state index is 12.9. The van der Waals surface area contributed by atoms with Crippen LogP contribution in [0.2, 0.25) is 0 Å². The highest BCUT2D eigenvalue weighted by Gasteiger charge is 2.32. The lowest BCUT2D eigenvalue weighted by Gasteiger charge is -2.12. The summed E-state index contributed by atoms with van der Waals surface area (Å²) in [4.78, 5) is 24.5. The fourth-order valence-corrected chi connectivity index (χ4v) is 2.65. The predicted molar refractivity (Wildman–Crippen MR) is 94.8 cm³/mol. The molecular formula is C19H21F3N2O4. The Bertz CT molecular complexity index is 855. The first kappa shape index (κ1) is 21.5. The van der Waals surface area contributed by atoms with Gasteiger partial charge in [0.1, 0.15) is 5.56 Å². The maximum atomic E-state index is 12.9. The molecular weight excluding hydrogens is 377 g/mol. The zero-order valence-electron chi connectivity index (χ0n) is 16.0. The molecule has 152 valence electrons. The molecule has 0 unspecified atom stereocenters. The Morgan fingerprint density at radius 3 is 2.11 bits per heavy atom. The van der Waals surface area contributed by atoms with Gasteiger partial charge in [-0.2, -0.15) is 18.3 Å². The topological polar surface area (TPSA) is 70.4 Å². The van der Waals surface area contributed by atoms with Crippen LogP contribution in [0.1, 0.15) is 46.7 Å². The van der Waals surface area contributed by atoms with E-state index >= 15 is 0 Å². The van der Waals surface area contributed by atoms with Crippen molar-refractivity contribution in [2.75, 3.05) is 14.2 Å². The number of esters is 2. The monoisotopic (exact) mass is 398 g/mol. The molecule has 1 aromatic heterocycles. The number of nitrogens with zero attached hydrogens (tertiary/aromatic N) is 2. The number of aromatic nitrogens is 2. The van der Waals surface area contributed by atoms with E-state index < -0.39 is 23.7 Å². The van der Waals surface area contributed by atoms with Crippen molar-refractivity contribution in [3.8, 4) is 11.3 Å². The quantitative estimate of drug-likeness (QED) is 0.683. The molecule has 0 fully saturated rings. The van der Waals surface area contributed by atoms with Crippen molar-refractivity contribution in [1.29, 1.82) is 0 Å². The van der Waals surface area contributed by atoms with Gasteiger partial charge >= 0.3 is 18.1 Å². The highest BCUT2D eigenvalue weighted by atomic mass is 19.4. The predicted octanol–water partition coefficient (Wildman–Crippen LogP) is 4.19. The normalized spacial score (nSPS) is 11.6. The van der Waals surface area contributed by atoms with E-state index in [1.165, 1.54) is 16.8 Å². The van der Waals surface area contributed by atoms with E-state index in [2.05, 4.69) is 5.10 Å². The van der Waals surface area contributed by atoms with E-state index in [0.29, 0.717) is 24.4 Å². The van der Waals surface area contributed by atoms with Crippen LogP contribution in [-0.2, 0) is 22.2 Å². The first-order chi connectivity index (χ1) is 13.1. The molecule has 6 nitrogen and oxygen atoms in total. The summed E-state index contributed by atoms with van der Waals surface area (Å²) in [6, 6.07) is 4.29. The van der Waals surface area contributed by atoms with Gasteiger partial charge in [-0.15, -0.1) is 0 Å². The van der Waals surface area contributed by atoms with Crippen LogP contribution in [-0.4, -0.2) is 35.9 Å². The van der Waals surface area contributed by atoms with Crippen molar-refractivity contribution in [3.63, 3.8) is 0 Å². The van der Waals surface area contributed by atoms with Gasteiger partial charge in [0.15, 0.2) is 5.69 Å². The SMILES string of the molecule is COC(=O)c1nn(CCC(C)C)c(-c2ccc(C(F)(F)F)cc2)c1C(=O)OC. The minimum Gasteiger partial charge on any atom is -0.465 e. The maximum Gasteiger partial charge on any atom is 0.416 e. The van der Waals surface area contributed by atoms with Gasteiger partial charge in [-0.05, 0) is 24.5 Å². The second-order valence-corrected chi connectivity index (χ2v) is 6.54. The van der Waals surface area contributed by atoms with E-state index in [4.69, 9.17) is 9.47 Å². The molecule has 0 spiro atoms. The summed E-state index contributed by atoms with van der Waals surface area (Å²) < 4.78 is 49.5. The Balaban J connectivity index is 2.68. The lowest BCUT2D eigenvalue weighted by molar-refractivity contribution is -0.137.